The zero-order valence-corrected chi connectivity index (χ0v) is 22.8. The highest BCUT2D eigenvalue weighted by Crippen LogP contribution is 2.47. The first-order valence-corrected chi connectivity index (χ1v) is 16.7. The second-order valence-electron chi connectivity index (χ2n) is 8.85. The van der Waals surface area contributed by atoms with Crippen LogP contribution in [-0.2, 0) is 0 Å². The Morgan fingerprint density at radius 2 is 0.730 bits per heavy atom. The molecule has 0 radical (unpaired) electrons. The molecule has 1 aliphatic rings. The van der Waals surface area contributed by atoms with Crippen LogP contribution >= 0.6 is 23.8 Å². The molecule has 0 spiro atoms. The highest BCUT2D eigenvalue weighted by Gasteiger charge is 2.32. The Morgan fingerprint density at radius 3 is 1.16 bits per heavy atom. The molecule has 2 unspecified atom stereocenters. The molecule has 0 N–H and O–H groups in total. The van der Waals surface area contributed by atoms with Crippen molar-refractivity contribution in [2.45, 2.75) is 0 Å². The molecule has 1 heterocycles. The highest BCUT2D eigenvalue weighted by molar-refractivity contribution is 7.86. The molecule has 37 heavy (non-hydrogen) atoms. The van der Waals surface area contributed by atoms with E-state index >= 15 is 8.78 Å². The van der Waals surface area contributed by atoms with E-state index in [2.05, 4.69) is 72.8 Å². The number of hydrogen-bond acceptors (Lipinski definition) is 0. The van der Waals surface area contributed by atoms with E-state index in [1.165, 1.54) is 26.5 Å². The van der Waals surface area contributed by atoms with Crippen LogP contribution in [-0.4, -0.2) is 12.3 Å². The zero-order valence-electron chi connectivity index (χ0n) is 20.1. The predicted octanol–water partition coefficient (Wildman–Crippen LogP) is 5.60. The number of fused-ring (bicyclic) bond motifs is 2. The molecule has 5 aromatic rings. The smallest absolute Gasteiger partial charge is 0.131 e. The minimum absolute atomic E-state index is 0.153. The molecule has 0 bridgehead atoms. The van der Waals surface area contributed by atoms with E-state index < -0.39 is 23.8 Å². The van der Waals surface area contributed by atoms with Crippen molar-refractivity contribution in [3.05, 3.63) is 139 Å². The van der Waals surface area contributed by atoms with E-state index in [0.717, 1.165) is 22.9 Å². The zero-order chi connectivity index (χ0) is 25.2. The van der Waals surface area contributed by atoms with Crippen molar-refractivity contribution < 1.29 is 8.78 Å². The molecule has 0 amide bonds. The first kappa shape index (κ1) is 24.6. The Balaban J connectivity index is 1.66. The van der Waals surface area contributed by atoms with E-state index in [1.54, 1.807) is 24.3 Å². The molecule has 0 nitrogen and oxygen atoms in total. The molecule has 182 valence electrons. The molecule has 5 aromatic carbocycles. The Hall–Kier alpha value is -2.75. The number of benzene rings is 5. The Labute approximate surface area is 220 Å². The third-order valence-electron chi connectivity index (χ3n) is 6.67. The van der Waals surface area contributed by atoms with Crippen LogP contribution in [0.4, 0.5) is 8.78 Å². The fraction of sp³-hybridized carbons (Fsp3) is 0.0625. The second-order valence-corrected chi connectivity index (χ2v) is 15.5. The van der Waals surface area contributed by atoms with Crippen LogP contribution in [0.2, 0.25) is 0 Å². The van der Waals surface area contributed by atoms with E-state index in [9.17, 15) is 0 Å². The average molecular weight is 540 g/mol. The van der Waals surface area contributed by atoms with E-state index in [1.807, 2.05) is 30.3 Å². The third-order valence-corrected chi connectivity index (χ3v) is 15.1. The molecule has 0 saturated carbocycles. The first-order chi connectivity index (χ1) is 18.2. The van der Waals surface area contributed by atoms with Crippen LogP contribution in [0.1, 0.15) is 0 Å². The van der Waals surface area contributed by atoms with E-state index in [4.69, 9.17) is 0 Å². The summed E-state index contributed by atoms with van der Waals surface area (Å²) in [6.45, 7) is 0. The summed E-state index contributed by atoms with van der Waals surface area (Å²) in [7, 11) is -2.88. The molecule has 0 saturated heterocycles. The van der Waals surface area contributed by atoms with Crippen LogP contribution in [0, 0.1) is 11.6 Å². The lowest BCUT2D eigenvalue weighted by molar-refractivity contribution is 0.635. The van der Waals surface area contributed by atoms with Gasteiger partial charge in [0, 0.05) is 10.6 Å². The molecule has 5 heteroatoms. The molecule has 1 aliphatic heterocycles. The SMILES string of the molecule is Fc1ccccc1P1CCP(c2ccccc2F)c2ccccc2P(c2ccccc2)c2ccccc21. The summed E-state index contributed by atoms with van der Waals surface area (Å²) < 4.78 is 30.7. The maximum Gasteiger partial charge on any atom is 0.131 e. The van der Waals surface area contributed by atoms with Crippen molar-refractivity contribution >= 4 is 60.9 Å². The lowest BCUT2D eigenvalue weighted by Gasteiger charge is -2.27. The lowest BCUT2D eigenvalue weighted by atomic mass is 10.3. The van der Waals surface area contributed by atoms with Crippen molar-refractivity contribution in [3.63, 3.8) is 0 Å². The summed E-state index contributed by atoms with van der Waals surface area (Å²) in [6.07, 6.45) is 1.61. The van der Waals surface area contributed by atoms with Gasteiger partial charge in [0.25, 0.3) is 0 Å². The Bertz CT molecular complexity index is 1440. The van der Waals surface area contributed by atoms with Gasteiger partial charge in [0.15, 0.2) is 0 Å². The molecule has 0 fully saturated rings. The summed E-state index contributed by atoms with van der Waals surface area (Å²) in [5, 5.41) is 7.83. The quantitative estimate of drug-likeness (QED) is 0.262. The maximum absolute atomic E-state index is 15.3. The Kier molecular flexibility index (Phi) is 7.26. The van der Waals surface area contributed by atoms with Crippen LogP contribution in [0.15, 0.2) is 127 Å². The van der Waals surface area contributed by atoms with Gasteiger partial charge in [-0.2, -0.15) is 0 Å². The predicted molar refractivity (Wildman–Crippen MR) is 160 cm³/mol. The summed E-state index contributed by atoms with van der Waals surface area (Å²) >= 11 is 0. The van der Waals surface area contributed by atoms with Gasteiger partial charge in [0.2, 0.25) is 0 Å². The first-order valence-electron chi connectivity index (χ1n) is 12.3. The summed E-state index contributed by atoms with van der Waals surface area (Å²) in [5.41, 5.74) is 0. The summed E-state index contributed by atoms with van der Waals surface area (Å²) in [6, 6.07) is 42.3. The molecular formula is C32H25F2P3. The third kappa shape index (κ3) is 4.80. The fourth-order valence-corrected chi connectivity index (χ4v) is 14.2. The molecule has 2 atom stereocenters. The number of rotatable bonds is 3. The van der Waals surface area contributed by atoms with Crippen LogP contribution in [0.25, 0.3) is 0 Å². The molecule has 0 aliphatic carbocycles. The van der Waals surface area contributed by atoms with Gasteiger partial charge in [-0.1, -0.05) is 115 Å². The van der Waals surface area contributed by atoms with E-state index in [-0.39, 0.29) is 11.6 Å². The van der Waals surface area contributed by atoms with Crippen molar-refractivity contribution in [3.8, 4) is 0 Å². The highest BCUT2D eigenvalue weighted by atomic mass is 31.1. The van der Waals surface area contributed by atoms with E-state index in [0.29, 0.717) is 0 Å². The van der Waals surface area contributed by atoms with Crippen molar-refractivity contribution in [1.82, 2.24) is 0 Å². The van der Waals surface area contributed by atoms with Crippen molar-refractivity contribution in [2.24, 2.45) is 0 Å². The van der Waals surface area contributed by atoms with Gasteiger partial charge >= 0.3 is 0 Å². The maximum atomic E-state index is 15.3. The van der Waals surface area contributed by atoms with Gasteiger partial charge in [-0.15, -0.1) is 0 Å². The van der Waals surface area contributed by atoms with Gasteiger partial charge in [0.05, 0.1) is 0 Å². The van der Waals surface area contributed by atoms with Gasteiger partial charge in [-0.3, -0.25) is 0 Å². The normalized spacial score (nSPS) is 19.1. The largest absolute Gasteiger partial charge is 0.206 e. The van der Waals surface area contributed by atoms with Crippen molar-refractivity contribution in [2.75, 3.05) is 12.3 Å². The standard InChI is InChI=1S/C32H25F2P3/c33-25-14-4-6-16-27(25)35-22-23-36(28-17-7-5-15-26(28)34)30-19-9-11-21-32(30)37(24-12-2-1-3-13-24)31-20-10-8-18-29(31)35/h1-21H,22-23H2. The lowest BCUT2D eigenvalue weighted by Crippen LogP contribution is -2.36. The van der Waals surface area contributed by atoms with Crippen LogP contribution in [0.3, 0.4) is 0 Å². The van der Waals surface area contributed by atoms with Gasteiger partial charge in [-0.05, 0) is 74.7 Å². The topological polar surface area (TPSA) is 0 Å². The van der Waals surface area contributed by atoms with Gasteiger partial charge in [-0.25, -0.2) is 8.78 Å². The number of hydrogen-bond donors (Lipinski definition) is 0. The minimum atomic E-state index is -0.975. The second kappa shape index (κ2) is 10.9. The fourth-order valence-electron chi connectivity index (χ4n) is 5.03. The monoisotopic (exact) mass is 540 g/mol. The Morgan fingerprint density at radius 1 is 0.378 bits per heavy atom. The van der Waals surface area contributed by atoms with Gasteiger partial charge < -0.3 is 0 Å². The summed E-state index contributed by atoms with van der Waals surface area (Å²) in [4.78, 5) is 0. The van der Waals surface area contributed by atoms with Gasteiger partial charge in [0.1, 0.15) is 11.6 Å². The van der Waals surface area contributed by atoms with Crippen LogP contribution < -0.4 is 37.1 Å². The molecule has 6 rings (SSSR count). The van der Waals surface area contributed by atoms with Crippen molar-refractivity contribution in [1.29, 1.82) is 0 Å². The molecular weight excluding hydrogens is 515 g/mol. The average Bonchev–Trinajstić information content (AvgIpc) is 3.00. The number of halogens is 2. The minimum Gasteiger partial charge on any atom is -0.206 e. The van der Waals surface area contributed by atoms with Crippen LogP contribution in [0.5, 0.6) is 0 Å². The summed E-state index contributed by atoms with van der Waals surface area (Å²) in [5.74, 6) is -0.307. The molecule has 0 aromatic heterocycles.